The van der Waals surface area contributed by atoms with Crippen molar-refractivity contribution in [1.82, 2.24) is 20.4 Å². The van der Waals surface area contributed by atoms with E-state index >= 15 is 0 Å². The minimum atomic E-state index is -0.879. The van der Waals surface area contributed by atoms with Gasteiger partial charge in [0, 0.05) is 30.3 Å². The fraction of sp³-hybridized carbons (Fsp3) is 0.360. The van der Waals surface area contributed by atoms with Gasteiger partial charge in [-0.25, -0.2) is 4.39 Å². The Hall–Kier alpha value is -3.95. The molecule has 2 aromatic carbocycles. The number of halogens is 1. The SMILES string of the molecule is COc1ccc(C(=O)NC2CC3C(=O)NC4CCN(C(=O)c5cccc(F)c5)C4C(=O)N3C2)cc1. The standard InChI is InChI=1S/C25H25FN4O5/c1-35-18-7-5-14(6-8-18)22(31)27-17-12-20-23(32)28-19-9-10-29(21(19)25(34)30(20)13-17)24(33)15-3-2-4-16(26)11-15/h2-8,11,17,19-21H,9-10,12-13H2,1H3,(H,27,31)(H,28,32). The number of hydrogen-bond acceptors (Lipinski definition) is 5. The molecule has 5 rings (SSSR count). The zero-order valence-corrected chi connectivity index (χ0v) is 19.1. The van der Waals surface area contributed by atoms with Crippen LogP contribution in [-0.4, -0.2) is 77.8 Å². The Kier molecular flexibility index (Phi) is 5.88. The average Bonchev–Trinajstić information content (AvgIpc) is 3.45. The van der Waals surface area contributed by atoms with Gasteiger partial charge in [-0.3, -0.25) is 19.2 Å². The summed E-state index contributed by atoms with van der Waals surface area (Å²) in [6.45, 7) is 0.427. The second-order valence-electron chi connectivity index (χ2n) is 9.00. The molecule has 182 valence electrons. The van der Waals surface area contributed by atoms with Crippen molar-refractivity contribution in [2.75, 3.05) is 20.2 Å². The smallest absolute Gasteiger partial charge is 0.254 e. The normalized spacial score (nSPS) is 25.4. The highest BCUT2D eigenvalue weighted by molar-refractivity contribution is 6.01. The van der Waals surface area contributed by atoms with E-state index in [0.717, 1.165) is 6.07 Å². The number of carbonyl (C=O) groups is 4. The van der Waals surface area contributed by atoms with E-state index in [1.165, 1.54) is 35.1 Å². The van der Waals surface area contributed by atoms with Gasteiger partial charge in [-0.15, -0.1) is 0 Å². The molecule has 3 fully saturated rings. The maximum Gasteiger partial charge on any atom is 0.254 e. The molecule has 3 aliphatic heterocycles. The van der Waals surface area contributed by atoms with Crippen LogP contribution in [0.15, 0.2) is 48.5 Å². The van der Waals surface area contributed by atoms with E-state index in [1.54, 1.807) is 24.3 Å². The van der Waals surface area contributed by atoms with Crippen molar-refractivity contribution in [3.63, 3.8) is 0 Å². The fourth-order valence-corrected chi connectivity index (χ4v) is 5.16. The molecule has 10 heteroatoms. The van der Waals surface area contributed by atoms with Gasteiger partial charge >= 0.3 is 0 Å². The lowest BCUT2D eigenvalue weighted by Crippen LogP contribution is -2.52. The summed E-state index contributed by atoms with van der Waals surface area (Å²) in [5.74, 6) is -1.33. The molecule has 4 amide bonds. The first-order valence-corrected chi connectivity index (χ1v) is 11.5. The molecule has 0 aromatic heterocycles. The first kappa shape index (κ1) is 22.8. The van der Waals surface area contributed by atoms with Crippen LogP contribution in [0.4, 0.5) is 4.39 Å². The highest BCUT2D eigenvalue weighted by Crippen LogP contribution is 2.30. The van der Waals surface area contributed by atoms with Gasteiger partial charge in [0.25, 0.3) is 11.8 Å². The van der Waals surface area contributed by atoms with Crippen molar-refractivity contribution in [2.24, 2.45) is 0 Å². The van der Waals surface area contributed by atoms with Gasteiger partial charge in [0.15, 0.2) is 0 Å². The maximum absolute atomic E-state index is 13.7. The molecule has 9 nitrogen and oxygen atoms in total. The van der Waals surface area contributed by atoms with Gasteiger partial charge in [-0.05, 0) is 55.3 Å². The van der Waals surface area contributed by atoms with Crippen molar-refractivity contribution < 1.29 is 28.3 Å². The molecular weight excluding hydrogens is 455 g/mol. The van der Waals surface area contributed by atoms with E-state index in [-0.39, 0.29) is 42.8 Å². The van der Waals surface area contributed by atoms with Crippen LogP contribution in [0, 0.1) is 5.82 Å². The summed E-state index contributed by atoms with van der Waals surface area (Å²) < 4.78 is 18.8. The Balaban J connectivity index is 1.32. The summed E-state index contributed by atoms with van der Waals surface area (Å²) in [7, 11) is 1.54. The predicted molar refractivity (Wildman–Crippen MR) is 122 cm³/mol. The zero-order valence-electron chi connectivity index (χ0n) is 19.1. The Morgan fingerprint density at radius 1 is 1.11 bits per heavy atom. The molecule has 3 aliphatic rings. The summed E-state index contributed by atoms with van der Waals surface area (Å²) in [6, 6.07) is 9.42. The second-order valence-corrected chi connectivity index (χ2v) is 9.00. The Morgan fingerprint density at radius 2 is 1.89 bits per heavy atom. The first-order chi connectivity index (χ1) is 16.9. The van der Waals surface area contributed by atoms with Crippen LogP contribution in [0.25, 0.3) is 0 Å². The molecule has 0 aliphatic carbocycles. The number of hydrogen-bond donors (Lipinski definition) is 2. The largest absolute Gasteiger partial charge is 0.497 e. The second kappa shape index (κ2) is 9.01. The van der Waals surface area contributed by atoms with Crippen LogP contribution in [0.2, 0.25) is 0 Å². The maximum atomic E-state index is 13.7. The van der Waals surface area contributed by atoms with Gasteiger partial charge in [0.2, 0.25) is 11.8 Å². The Bertz CT molecular complexity index is 1190. The van der Waals surface area contributed by atoms with Crippen LogP contribution in [0.1, 0.15) is 33.6 Å². The zero-order chi connectivity index (χ0) is 24.7. The lowest BCUT2D eigenvalue weighted by Gasteiger charge is -2.29. The van der Waals surface area contributed by atoms with Gasteiger partial charge < -0.3 is 25.2 Å². The summed E-state index contributed by atoms with van der Waals surface area (Å²) in [6.07, 6.45) is 0.706. The predicted octanol–water partition coefficient (Wildman–Crippen LogP) is 0.947. The average molecular weight is 480 g/mol. The van der Waals surface area contributed by atoms with Gasteiger partial charge in [0.1, 0.15) is 23.7 Å². The topological polar surface area (TPSA) is 108 Å². The molecule has 2 N–H and O–H groups in total. The molecule has 2 aromatic rings. The van der Waals surface area contributed by atoms with Gasteiger partial charge in [-0.2, -0.15) is 0 Å². The number of rotatable bonds is 4. The molecule has 3 heterocycles. The number of nitrogens with one attached hydrogen (secondary N) is 2. The third-order valence-electron chi connectivity index (χ3n) is 6.89. The number of nitrogens with zero attached hydrogens (tertiary/aromatic N) is 2. The van der Waals surface area contributed by atoms with Crippen LogP contribution < -0.4 is 15.4 Å². The van der Waals surface area contributed by atoms with Crippen molar-refractivity contribution in [3.05, 3.63) is 65.5 Å². The highest BCUT2D eigenvalue weighted by atomic mass is 19.1. The minimum absolute atomic E-state index is 0.150. The molecule has 0 saturated carbocycles. The van der Waals surface area contributed by atoms with Crippen LogP contribution in [0.5, 0.6) is 5.75 Å². The molecule has 0 bridgehead atoms. The Morgan fingerprint density at radius 3 is 2.60 bits per heavy atom. The minimum Gasteiger partial charge on any atom is -0.497 e. The van der Waals surface area contributed by atoms with Crippen molar-refractivity contribution in [2.45, 2.75) is 37.0 Å². The first-order valence-electron chi connectivity index (χ1n) is 11.5. The van der Waals surface area contributed by atoms with Crippen molar-refractivity contribution in [1.29, 1.82) is 0 Å². The molecule has 3 saturated heterocycles. The number of ether oxygens (including phenoxy) is 1. The highest BCUT2D eigenvalue weighted by Gasteiger charge is 2.52. The van der Waals surface area contributed by atoms with E-state index < -0.39 is 35.9 Å². The van der Waals surface area contributed by atoms with E-state index in [0.29, 0.717) is 17.7 Å². The molecule has 35 heavy (non-hydrogen) atoms. The number of benzene rings is 2. The third kappa shape index (κ3) is 4.20. The summed E-state index contributed by atoms with van der Waals surface area (Å²) in [5.41, 5.74) is 0.586. The monoisotopic (exact) mass is 480 g/mol. The summed E-state index contributed by atoms with van der Waals surface area (Å²) in [4.78, 5) is 55.2. The quantitative estimate of drug-likeness (QED) is 0.678. The van der Waals surface area contributed by atoms with E-state index in [1.807, 2.05) is 0 Å². The van der Waals surface area contributed by atoms with E-state index in [9.17, 15) is 23.6 Å². The van der Waals surface area contributed by atoms with Crippen LogP contribution in [-0.2, 0) is 9.59 Å². The molecular formula is C25H25FN4O5. The number of likely N-dealkylation sites (tertiary alicyclic amines) is 1. The summed E-state index contributed by atoms with van der Waals surface area (Å²) >= 11 is 0. The molecule has 0 spiro atoms. The fourth-order valence-electron chi connectivity index (χ4n) is 5.16. The number of methoxy groups -OCH3 is 1. The Labute approximate surface area is 201 Å². The van der Waals surface area contributed by atoms with Crippen molar-refractivity contribution in [3.8, 4) is 5.75 Å². The van der Waals surface area contributed by atoms with E-state index in [4.69, 9.17) is 4.74 Å². The molecule has 4 atom stereocenters. The number of fused-ring (bicyclic) bond motifs is 2. The molecule has 4 unspecified atom stereocenters. The lowest BCUT2D eigenvalue weighted by molar-refractivity contribution is -0.138. The van der Waals surface area contributed by atoms with Gasteiger partial charge in [0.05, 0.1) is 13.2 Å². The number of carbonyl (C=O) groups excluding carboxylic acids is 4. The lowest BCUT2D eigenvalue weighted by atomic mass is 10.1. The van der Waals surface area contributed by atoms with Crippen LogP contribution in [0.3, 0.4) is 0 Å². The van der Waals surface area contributed by atoms with Gasteiger partial charge in [-0.1, -0.05) is 6.07 Å². The van der Waals surface area contributed by atoms with Crippen molar-refractivity contribution >= 4 is 23.6 Å². The van der Waals surface area contributed by atoms with Crippen LogP contribution >= 0.6 is 0 Å². The number of amides is 4. The summed E-state index contributed by atoms with van der Waals surface area (Å²) in [5, 5.41) is 5.81. The third-order valence-corrected chi connectivity index (χ3v) is 6.89. The van der Waals surface area contributed by atoms with E-state index in [2.05, 4.69) is 10.6 Å². The molecule has 0 radical (unpaired) electrons.